The number of rotatable bonds is 5. The quantitative estimate of drug-likeness (QED) is 0.673. The molecule has 0 atom stereocenters. The number of aromatic nitrogens is 1. The zero-order valence-corrected chi connectivity index (χ0v) is 16.1. The van der Waals surface area contributed by atoms with Gasteiger partial charge >= 0.3 is 0 Å². The van der Waals surface area contributed by atoms with Gasteiger partial charge < -0.3 is 0 Å². The first-order valence-corrected chi connectivity index (χ1v) is 10.2. The molecular formula is C18H16FN3O3S2. The Morgan fingerprint density at radius 3 is 2.44 bits per heavy atom. The molecule has 0 radical (unpaired) electrons. The smallest absolute Gasteiger partial charge is 0.261 e. The van der Waals surface area contributed by atoms with Crippen LogP contribution in [0.1, 0.15) is 20.9 Å². The van der Waals surface area contributed by atoms with Crippen molar-refractivity contribution < 1.29 is 17.6 Å². The van der Waals surface area contributed by atoms with E-state index in [2.05, 4.69) is 15.0 Å². The normalized spacial score (nSPS) is 11.2. The minimum absolute atomic E-state index is 0.0778. The van der Waals surface area contributed by atoms with Crippen LogP contribution in [0.2, 0.25) is 0 Å². The van der Waals surface area contributed by atoms with Gasteiger partial charge in [0.15, 0.2) is 5.13 Å². The van der Waals surface area contributed by atoms with E-state index in [0.29, 0.717) is 5.13 Å². The molecule has 0 saturated heterocycles. The van der Waals surface area contributed by atoms with Gasteiger partial charge in [0.1, 0.15) is 5.82 Å². The number of nitrogens with one attached hydrogen (secondary N) is 2. The lowest BCUT2D eigenvalue weighted by Crippen LogP contribution is -2.16. The molecule has 0 aliphatic heterocycles. The topological polar surface area (TPSA) is 88.2 Å². The summed E-state index contributed by atoms with van der Waals surface area (Å²) in [7, 11) is -3.92. The third-order valence-electron chi connectivity index (χ3n) is 3.75. The highest BCUT2D eigenvalue weighted by Gasteiger charge is 2.17. The molecule has 0 spiro atoms. The molecule has 27 heavy (non-hydrogen) atoms. The van der Waals surface area contributed by atoms with E-state index in [0.717, 1.165) is 22.7 Å². The van der Waals surface area contributed by atoms with Crippen molar-refractivity contribution in [2.24, 2.45) is 0 Å². The van der Waals surface area contributed by atoms with E-state index in [-0.39, 0.29) is 16.1 Å². The van der Waals surface area contributed by atoms with Crippen LogP contribution >= 0.6 is 11.3 Å². The maximum absolute atomic E-state index is 13.0. The van der Waals surface area contributed by atoms with Crippen molar-refractivity contribution in [3.8, 4) is 0 Å². The Balaban J connectivity index is 1.81. The molecular weight excluding hydrogens is 389 g/mol. The first-order valence-electron chi connectivity index (χ1n) is 7.88. The summed E-state index contributed by atoms with van der Waals surface area (Å²) < 4.78 is 40.4. The summed E-state index contributed by atoms with van der Waals surface area (Å²) in [6, 6.07) is 10.6. The standard InChI is InChI=1S/C18H16FN3O3S2/c1-11-12(2)26-18(20-11)21-17(23)13-4-3-5-16(10-13)27(24,25)22-15-8-6-14(19)7-9-15/h3-10,22H,1-2H3,(H,20,21,23). The Labute approximate surface area is 160 Å². The maximum Gasteiger partial charge on any atom is 0.261 e. The van der Waals surface area contributed by atoms with Crippen molar-refractivity contribution in [3.05, 3.63) is 70.5 Å². The van der Waals surface area contributed by atoms with E-state index < -0.39 is 21.7 Å². The van der Waals surface area contributed by atoms with Crippen LogP contribution in [0.3, 0.4) is 0 Å². The molecule has 2 N–H and O–H groups in total. The summed E-state index contributed by atoms with van der Waals surface area (Å²) in [6.45, 7) is 3.74. The highest BCUT2D eigenvalue weighted by molar-refractivity contribution is 7.92. The predicted molar refractivity (Wildman–Crippen MR) is 103 cm³/mol. The first-order chi connectivity index (χ1) is 12.7. The predicted octanol–water partition coefficient (Wildman–Crippen LogP) is 3.95. The summed E-state index contributed by atoms with van der Waals surface area (Å²) in [5.74, 6) is -0.924. The zero-order valence-electron chi connectivity index (χ0n) is 14.5. The van der Waals surface area contributed by atoms with Crippen LogP contribution in [0.25, 0.3) is 0 Å². The van der Waals surface area contributed by atoms with Crippen molar-refractivity contribution in [2.45, 2.75) is 18.7 Å². The van der Waals surface area contributed by atoms with Crippen LogP contribution in [-0.4, -0.2) is 19.3 Å². The SMILES string of the molecule is Cc1nc(NC(=O)c2cccc(S(=O)(=O)Nc3ccc(F)cc3)c2)sc1C. The number of nitrogens with zero attached hydrogens (tertiary/aromatic N) is 1. The van der Waals surface area contributed by atoms with Gasteiger partial charge in [-0.25, -0.2) is 17.8 Å². The number of hydrogen-bond donors (Lipinski definition) is 2. The monoisotopic (exact) mass is 405 g/mol. The fourth-order valence-electron chi connectivity index (χ4n) is 2.23. The minimum atomic E-state index is -3.92. The van der Waals surface area contributed by atoms with Gasteiger partial charge in [-0.05, 0) is 56.3 Å². The molecule has 0 bridgehead atoms. The summed E-state index contributed by atoms with van der Waals surface area (Å²) in [5, 5.41) is 3.12. The van der Waals surface area contributed by atoms with Gasteiger partial charge in [-0.15, -0.1) is 11.3 Å². The van der Waals surface area contributed by atoms with Crippen molar-refractivity contribution in [1.29, 1.82) is 0 Å². The molecule has 2 aromatic carbocycles. The molecule has 0 unspecified atom stereocenters. The Hall–Kier alpha value is -2.78. The maximum atomic E-state index is 13.0. The summed E-state index contributed by atoms with van der Waals surface area (Å²) in [5.41, 5.74) is 1.23. The van der Waals surface area contributed by atoms with Crippen molar-refractivity contribution in [2.75, 3.05) is 10.0 Å². The number of hydrogen-bond acceptors (Lipinski definition) is 5. The third kappa shape index (κ3) is 4.50. The average molecular weight is 405 g/mol. The first kappa shape index (κ1) is 19.0. The van der Waals surface area contributed by atoms with Crippen LogP contribution < -0.4 is 10.0 Å². The van der Waals surface area contributed by atoms with Crippen LogP contribution in [0.15, 0.2) is 53.4 Å². The fourth-order valence-corrected chi connectivity index (χ4v) is 4.15. The second-order valence-electron chi connectivity index (χ2n) is 5.75. The molecule has 1 heterocycles. The number of benzene rings is 2. The molecule has 140 valence electrons. The van der Waals surface area contributed by atoms with Crippen molar-refractivity contribution >= 4 is 38.1 Å². The number of carbonyl (C=O) groups excluding carboxylic acids is 1. The number of anilines is 2. The van der Waals surface area contributed by atoms with Crippen LogP contribution in [0.4, 0.5) is 15.2 Å². The lowest BCUT2D eigenvalue weighted by atomic mass is 10.2. The zero-order chi connectivity index (χ0) is 19.6. The second kappa shape index (κ2) is 7.45. The summed E-state index contributed by atoms with van der Waals surface area (Å²) >= 11 is 1.35. The molecule has 6 nitrogen and oxygen atoms in total. The van der Waals surface area contributed by atoms with E-state index in [1.165, 1.54) is 47.7 Å². The minimum Gasteiger partial charge on any atom is -0.298 e. The molecule has 0 fully saturated rings. The van der Waals surface area contributed by atoms with E-state index in [1.807, 2.05) is 13.8 Å². The van der Waals surface area contributed by atoms with Gasteiger partial charge in [0, 0.05) is 16.1 Å². The van der Waals surface area contributed by atoms with E-state index >= 15 is 0 Å². The molecule has 0 saturated carbocycles. The highest BCUT2D eigenvalue weighted by atomic mass is 32.2. The van der Waals surface area contributed by atoms with E-state index in [4.69, 9.17) is 0 Å². The number of amides is 1. The van der Waals surface area contributed by atoms with Crippen LogP contribution in [0.5, 0.6) is 0 Å². The van der Waals surface area contributed by atoms with Crippen LogP contribution in [-0.2, 0) is 10.0 Å². The number of aryl methyl sites for hydroxylation is 2. The average Bonchev–Trinajstić information content (AvgIpc) is 2.94. The van der Waals surface area contributed by atoms with Crippen molar-refractivity contribution in [1.82, 2.24) is 4.98 Å². The number of halogens is 1. The Morgan fingerprint density at radius 2 is 1.81 bits per heavy atom. The molecule has 9 heteroatoms. The lowest BCUT2D eigenvalue weighted by Gasteiger charge is -2.09. The molecule has 3 rings (SSSR count). The summed E-state index contributed by atoms with van der Waals surface area (Å²) in [6.07, 6.45) is 0. The molecule has 3 aromatic rings. The number of carbonyl (C=O) groups is 1. The Kier molecular flexibility index (Phi) is 5.24. The molecule has 1 aromatic heterocycles. The van der Waals surface area contributed by atoms with Gasteiger partial charge in [0.2, 0.25) is 0 Å². The molecule has 1 amide bonds. The lowest BCUT2D eigenvalue weighted by molar-refractivity contribution is 0.102. The molecule has 0 aliphatic rings. The Bertz CT molecular complexity index is 1070. The van der Waals surface area contributed by atoms with E-state index in [1.54, 1.807) is 0 Å². The van der Waals surface area contributed by atoms with Gasteiger partial charge in [0.25, 0.3) is 15.9 Å². The molecule has 0 aliphatic carbocycles. The second-order valence-corrected chi connectivity index (χ2v) is 8.64. The van der Waals surface area contributed by atoms with Gasteiger partial charge in [-0.1, -0.05) is 6.07 Å². The Morgan fingerprint density at radius 1 is 1.11 bits per heavy atom. The number of sulfonamides is 1. The van der Waals surface area contributed by atoms with E-state index in [9.17, 15) is 17.6 Å². The third-order valence-corrected chi connectivity index (χ3v) is 6.12. The largest absolute Gasteiger partial charge is 0.298 e. The summed E-state index contributed by atoms with van der Waals surface area (Å²) in [4.78, 5) is 17.6. The number of thiazole rings is 1. The van der Waals surface area contributed by atoms with Crippen LogP contribution in [0, 0.1) is 19.7 Å². The van der Waals surface area contributed by atoms with Crippen molar-refractivity contribution in [3.63, 3.8) is 0 Å². The van der Waals surface area contributed by atoms with Gasteiger partial charge in [-0.3, -0.25) is 14.8 Å². The fraction of sp³-hybridized carbons (Fsp3) is 0.111. The van der Waals surface area contributed by atoms with Gasteiger partial charge in [0.05, 0.1) is 10.6 Å². The highest BCUT2D eigenvalue weighted by Crippen LogP contribution is 2.22. The van der Waals surface area contributed by atoms with Gasteiger partial charge in [-0.2, -0.15) is 0 Å².